The van der Waals surface area contributed by atoms with Crippen molar-refractivity contribution in [2.75, 3.05) is 6.54 Å². The number of carbonyl (C=O) groups excluding carboxylic acids is 1. The lowest BCUT2D eigenvalue weighted by atomic mass is 9.96. The van der Waals surface area contributed by atoms with Crippen molar-refractivity contribution in [1.29, 1.82) is 0 Å². The van der Waals surface area contributed by atoms with E-state index < -0.39 is 18.5 Å². The fraction of sp³-hybridized carbons (Fsp3) is 0.900. The average molecular weight is 238 g/mol. The number of likely N-dealkylation sites (tertiary alicyclic amines) is 1. The molecule has 2 N–H and O–H groups in total. The van der Waals surface area contributed by atoms with E-state index in [1.54, 1.807) is 6.92 Å². The molecule has 16 heavy (non-hydrogen) atoms. The highest BCUT2D eigenvalue weighted by atomic mass is 19.4. The molecule has 1 saturated heterocycles. The van der Waals surface area contributed by atoms with Gasteiger partial charge < -0.3 is 10.6 Å². The number of hydrogen-bond donors (Lipinski definition) is 1. The molecule has 0 aromatic carbocycles. The molecule has 94 valence electrons. The van der Waals surface area contributed by atoms with E-state index in [-0.39, 0.29) is 18.6 Å². The van der Waals surface area contributed by atoms with Crippen LogP contribution in [0.15, 0.2) is 0 Å². The van der Waals surface area contributed by atoms with Crippen LogP contribution in [0.2, 0.25) is 0 Å². The highest BCUT2D eigenvalue weighted by molar-refractivity contribution is 5.77. The minimum Gasteiger partial charge on any atom is -0.335 e. The van der Waals surface area contributed by atoms with Gasteiger partial charge in [-0.15, -0.1) is 0 Å². The van der Waals surface area contributed by atoms with Gasteiger partial charge in [0.05, 0.1) is 0 Å². The zero-order chi connectivity index (χ0) is 12.3. The third-order valence-electron chi connectivity index (χ3n) is 2.94. The quantitative estimate of drug-likeness (QED) is 0.795. The summed E-state index contributed by atoms with van der Waals surface area (Å²) in [7, 11) is 0. The van der Waals surface area contributed by atoms with Gasteiger partial charge in [0.15, 0.2) is 0 Å². The van der Waals surface area contributed by atoms with E-state index in [9.17, 15) is 18.0 Å². The number of nitrogens with two attached hydrogens (primary N) is 1. The summed E-state index contributed by atoms with van der Waals surface area (Å²) in [4.78, 5) is 12.9. The third kappa shape index (κ3) is 3.37. The summed E-state index contributed by atoms with van der Waals surface area (Å²) >= 11 is 0. The van der Waals surface area contributed by atoms with Crippen molar-refractivity contribution in [2.45, 2.75) is 50.9 Å². The van der Waals surface area contributed by atoms with Crippen molar-refractivity contribution < 1.29 is 18.0 Å². The average Bonchev–Trinajstić information content (AvgIpc) is 2.14. The van der Waals surface area contributed by atoms with Gasteiger partial charge in [0.1, 0.15) is 6.42 Å². The van der Waals surface area contributed by atoms with Crippen LogP contribution in [-0.4, -0.2) is 35.6 Å². The summed E-state index contributed by atoms with van der Waals surface area (Å²) in [5, 5.41) is 0. The monoisotopic (exact) mass is 238 g/mol. The molecular formula is C10H17F3N2O. The SMILES string of the molecule is CC1CCCC(CN)N1C(=O)CC(F)(F)F. The largest absolute Gasteiger partial charge is 0.397 e. The normalized spacial score (nSPS) is 26.9. The van der Waals surface area contributed by atoms with Crippen molar-refractivity contribution in [3.05, 3.63) is 0 Å². The van der Waals surface area contributed by atoms with Gasteiger partial charge >= 0.3 is 6.18 Å². The fourth-order valence-corrected chi connectivity index (χ4v) is 2.23. The number of piperidine rings is 1. The lowest BCUT2D eigenvalue weighted by Crippen LogP contribution is -2.52. The van der Waals surface area contributed by atoms with Crippen LogP contribution >= 0.6 is 0 Å². The molecule has 0 radical (unpaired) electrons. The standard InChI is InChI=1S/C10H17F3N2O/c1-7-3-2-4-8(6-14)15(7)9(16)5-10(11,12)13/h7-8H,2-6,14H2,1H3. The Morgan fingerprint density at radius 2 is 2.06 bits per heavy atom. The van der Waals surface area contributed by atoms with Crippen LogP contribution in [0.3, 0.4) is 0 Å². The molecule has 6 heteroatoms. The van der Waals surface area contributed by atoms with Gasteiger partial charge in [-0.1, -0.05) is 0 Å². The van der Waals surface area contributed by atoms with Gasteiger partial charge in [0.2, 0.25) is 5.91 Å². The van der Waals surface area contributed by atoms with Crippen LogP contribution < -0.4 is 5.73 Å². The highest BCUT2D eigenvalue weighted by Gasteiger charge is 2.38. The van der Waals surface area contributed by atoms with Gasteiger partial charge in [0, 0.05) is 18.6 Å². The van der Waals surface area contributed by atoms with Gasteiger partial charge in [-0.05, 0) is 26.2 Å². The van der Waals surface area contributed by atoms with Crippen LogP contribution in [-0.2, 0) is 4.79 Å². The summed E-state index contributed by atoms with van der Waals surface area (Å²) in [5.74, 6) is -0.852. The van der Waals surface area contributed by atoms with Crippen molar-refractivity contribution in [1.82, 2.24) is 4.90 Å². The smallest absolute Gasteiger partial charge is 0.335 e. The number of hydrogen-bond acceptors (Lipinski definition) is 2. The number of halogens is 3. The molecule has 0 aromatic rings. The molecule has 2 atom stereocenters. The predicted octanol–water partition coefficient (Wildman–Crippen LogP) is 1.67. The Balaban J connectivity index is 2.70. The molecule has 2 unspecified atom stereocenters. The minimum atomic E-state index is -4.44. The molecule has 0 bridgehead atoms. The molecule has 1 fully saturated rings. The Morgan fingerprint density at radius 1 is 1.44 bits per heavy atom. The molecule has 1 amide bonds. The molecular weight excluding hydrogens is 221 g/mol. The first-order valence-electron chi connectivity index (χ1n) is 5.43. The second-order valence-electron chi connectivity index (χ2n) is 4.26. The Kier molecular flexibility index (Phi) is 4.18. The van der Waals surface area contributed by atoms with Gasteiger partial charge in [0.25, 0.3) is 0 Å². The van der Waals surface area contributed by atoms with E-state index in [0.29, 0.717) is 6.42 Å². The number of alkyl halides is 3. The zero-order valence-corrected chi connectivity index (χ0v) is 9.26. The molecule has 1 rings (SSSR count). The first-order valence-corrected chi connectivity index (χ1v) is 5.43. The molecule has 0 aromatic heterocycles. The lowest BCUT2D eigenvalue weighted by molar-refractivity contribution is -0.165. The maximum absolute atomic E-state index is 12.1. The van der Waals surface area contributed by atoms with Crippen LogP contribution in [0, 0.1) is 0 Å². The first kappa shape index (κ1) is 13.3. The molecule has 1 heterocycles. The van der Waals surface area contributed by atoms with E-state index >= 15 is 0 Å². The summed E-state index contributed by atoms with van der Waals surface area (Å²) in [6, 6.07) is -0.379. The third-order valence-corrected chi connectivity index (χ3v) is 2.94. The van der Waals surface area contributed by atoms with Crippen molar-refractivity contribution >= 4 is 5.91 Å². The molecule has 3 nitrogen and oxygen atoms in total. The van der Waals surface area contributed by atoms with Crippen LogP contribution in [0.1, 0.15) is 32.6 Å². The summed E-state index contributed by atoms with van der Waals surface area (Å²) in [6.45, 7) is 2.00. The Bertz CT molecular complexity index is 255. The van der Waals surface area contributed by atoms with Gasteiger partial charge in [-0.3, -0.25) is 4.79 Å². The van der Waals surface area contributed by atoms with E-state index in [2.05, 4.69) is 0 Å². The minimum absolute atomic E-state index is 0.142. The molecule has 0 spiro atoms. The Hall–Kier alpha value is -0.780. The van der Waals surface area contributed by atoms with E-state index in [0.717, 1.165) is 12.8 Å². The Morgan fingerprint density at radius 3 is 2.56 bits per heavy atom. The summed E-state index contributed by atoms with van der Waals surface area (Å²) in [5.41, 5.74) is 5.48. The first-order chi connectivity index (χ1) is 7.35. The molecule has 0 aliphatic carbocycles. The van der Waals surface area contributed by atoms with Gasteiger partial charge in [-0.2, -0.15) is 13.2 Å². The molecule has 1 aliphatic rings. The maximum atomic E-state index is 12.1. The molecule has 1 aliphatic heterocycles. The van der Waals surface area contributed by atoms with Crippen molar-refractivity contribution in [2.24, 2.45) is 5.73 Å². The van der Waals surface area contributed by atoms with E-state index in [1.807, 2.05) is 0 Å². The number of nitrogens with zero attached hydrogens (tertiary/aromatic N) is 1. The number of rotatable bonds is 2. The summed E-state index contributed by atoms with van der Waals surface area (Å²) in [6.07, 6.45) is -3.45. The van der Waals surface area contributed by atoms with Crippen LogP contribution in [0.5, 0.6) is 0 Å². The predicted molar refractivity (Wildman–Crippen MR) is 53.7 cm³/mol. The lowest BCUT2D eigenvalue weighted by Gasteiger charge is -2.40. The topological polar surface area (TPSA) is 46.3 Å². The Labute approximate surface area is 92.8 Å². The van der Waals surface area contributed by atoms with Crippen molar-refractivity contribution in [3.63, 3.8) is 0 Å². The highest BCUT2D eigenvalue weighted by Crippen LogP contribution is 2.27. The van der Waals surface area contributed by atoms with Crippen LogP contribution in [0.25, 0.3) is 0 Å². The van der Waals surface area contributed by atoms with Crippen LogP contribution in [0.4, 0.5) is 13.2 Å². The van der Waals surface area contributed by atoms with Gasteiger partial charge in [-0.25, -0.2) is 0 Å². The second kappa shape index (κ2) is 5.03. The number of carbonyl (C=O) groups is 1. The van der Waals surface area contributed by atoms with E-state index in [1.165, 1.54) is 4.90 Å². The maximum Gasteiger partial charge on any atom is 0.397 e. The van der Waals surface area contributed by atoms with Crippen molar-refractivity contribution in [3.8, 4) is 0 Å². The fourth-order valence-electron chi connectivity index (χ4n) is 2.23. The molecule has 0 saturated carbocycles. The summed E-state index contributed by atoms with van der Waals surface area (Å²) < 4.78 is 36.4. The second-order valence-corrected chi connectivity index (χ2v) is 4.26. The number of amides is 1. The zero-order valence-electron chi connectivity index (χ0n) is 9.26. The van der Waals surface area contributed by atoms with E-state index in [4.69, 9.17) is 5.73 Å².